The highest BCUT2D eigenvalue weighted by Crippen LogP contribution is 2.28. The van der Waals surface area contributed by atoms with Gasteiger partial charge in [-0.25, -0.2) is 4.79 Å². The van der Waals surface area contributed by atoms with Crippen LogP contribution in [0.4, 0.5) is 10.5 Å². The maximum absolute atomic E-state index is 11.7. The lowest BCUT2D eigenvalue weighted by molar-refractivity contribution is -0.124. The third-order valence-corrected chi connectivity index (χ3v) is 2.33. The van der Waals surface area contributed by atoms with Crippen LogP contribution in [-0.2, 0) is 20.8 Å². The molecule has 0 fully saturated rings. The summed E-state index contributed by atoms with van der Waals surface area (Å²) in [5, 5.41) is 0.989. The van der Waals surface area contributed by atoms with E-state index in [0.717, 1.165) is 10.6 Å². The summed E-state index contributed by atoms with van der Waals surface area (Å²) in [5.41, 5.74) is 0.777. The Morgan fingerprint density at radius 2 is 1.94 bits per heavy atom. The molecule has 1 heterocycles. The predicted octanol–water partition coefficient (Wildman–Crippen LogP) is 2.44. The summed E-state index contributed by atoms with van der Waals surface area (Å²) in [5.74, 6) is -0.276. The first kappa shape index (κ1) is 12.4. The number of hydroxylamine groups is 1. The zero-order chi connectivity index (χ0) is 13.3. The molecule has 1 aliphatic rings. The molecular formula is C13H15NO4. The average molecular weight is 249 g/mol. The van der Waals surface area contributed by atoms with E-state index >= 15 is 0 Å². The van der Waals surface area contributed by atoms with Gasteiger partial charge in [0, 0.05) is 0 Å². The Morgan fingerprint density at radius 3 is 2.61 bits per heavy atom. The SMILES string of the molecule is CC(C)(C)OC(=O)ON1C(=O)Cc2ccccc21. The van der Waals surface area contributed by atoms with Gasteiger partial charge in [0.1, 0.15) is 5.60 Å². The summed E-state index contributed by atoms with van der Waals surface area (Å²) >= 11 is 0. The standard InChI is InChI=1S/C13H15NO4/c1-13(2,3)17-12(16)18-14-10-7-5-4-6-9(10)8-11(14)15/h4-7H,8H2,1-3H3. The van der Waals surface area contributed by atoms with Gasteiger partial charge in [0.15, 0.2) is 0 Å². The van der Waals surface area contributed by atoms with Gasteiger partial charge in [-0.15, -0.1) is 5.06 Å². The Hall–Kier alpha value is -2.04. The van der Waals surface area contributed by atoms with Gasteiger partial charge in [-0.05, 0) is 32.4 Å². The highest BCUT2D eigenvalue weighted by molar-refractivity contribution is 6.00. The molecule has 0 N–H and O–H groups in total. The average Bonchev–Trinajstić information content (AvgIpc) is 2.53. The Bertz CT molecular complexity index is 490. The molecule has 96 valence electrons. The van der Waals surface area contributed by atoms with E-state index in [4.69, 9.17) is 9.57 Å². The van der Waals surface area contributed by atoms with Crippen molar-refractivity contribution in [3.63, 3.8) is 0 Å². The molecule has 0 saturated carbocycles. The molecule has 1 aliphatic heterocycles. The van der Waals surface area contributed by atoms with Crippen LogP contribution in [0.15, 0.2) is 24.3 Å². The molecule has 1 aromatic rings. The topological polar surface area (TPSA) is 55.8 Å². The molecule has 0 radical (unpaired) electrons. The third-order valence-electron chi connectivity index (χ3n) is 2.33. The number of hydrogen-bond donors (Lipinski definition) is 0. The van der Waals surface area contributed by atoms with Crippen LogP contribution in [0.25, 0.3) is 0 Å². The third kappa shape index (κ3) is 2.61. The fraction of sp³-hybridized carbons (Fsp3) is 0.385. The minimum absolute atomic E-state index is 0.235. The number of amides is 1. The van der Waals surface area contributed by atoms with Crippen LogP contribution in [0.5, 0.6) is 0 Å². The molecule has 0 unspecified atom stereocenters. The molecule has 1 aromatic carbocycles. The van der Waals surface area contributed by atoms with E-state index in [2.05, 4.69) is 0 Å². The van der Waals surface area contributed by atoms with Crippen molar-refractivity contribution in [3.8, 4) is 0 Å². The molecule has 5 nitrogen and oxygen atoms in total. The summed E-state index contributed by atoms with van der Waals surface area (Å²) in [7, 11) is 0. The highest BCUT2D eigenvalue weighted by atomic mass is 16.8. The molecule has 0 atom stereocenters. The number of carbonyl (C=O) groups is 2. The first-order valence-corrected chi connectivity index (χ1v) is 5.68. The van der Waals surface area contributed by atoms with E-state index in [0.29, 0.717) is 5.69 Å². The van der Waals surface area contributed by atoms with Gasteiger partial charge in [0.2, 0.25) is 0 Å². The summed E-state index contributed by atoms with van der Waals surface area (Å²) in [6, 6.07) is 7.17. The second kappa shape index (κ2) is 4.33. The van der Waals surface area contributed by atoms with Crippen molar-refractivity contribution in [2.45, 2.75) is 32.8 Å². The second-order valence-electron chi connectivity index (χ2n) is 5.05. The fourth-order valence-corrected chi connectivity index (χ4v) is 1.67. The second-order valence-corrected chi connectivity index (χ2v) is 5.05. The number of para-hydroxylation sites is 1. The summed E-state index contributed by atoms with van der Waals surface area (Å²) < 4.78 is 5.01. The minimum Gasteiger partial charge on any atom is -0.427 e. The van der Waals surface area contributed by atoms with E-state index in [1.807, 2.05) is 12.1 Å². The van der Waals surface area contributed by atoms with Crippen molar-refractivity contribution >= 4 is 17.7 Å². The molecular weight excluding hydrogens is 234 g/mol. The number of carbonyl (C=O) groups excluding carboxylic acids is 2. The monoisotopic (exact) mass is 249 g/mol. The molecule has 5 heteroatoms. The normalized spacial score (nSPS) is 14.4. The summed E-state index contributed by atoms with van der Waals surface area (Å²) in [4.78, 5) is 28.2. The van der Waals surface area contributed by atoms with Crippen molar-refractivity contribution in [2.24, 2.45) is 0 Å². The van der Waals surface area contributed by atoms with E-state index in [1.165, 1.54) is 0 Å². The van der Waals surface area contributed by atoms with Gasteiger partial charge in [-0.2, -0.15) is 0 Å². The molecule has 18 heavy (non-hydrogen) atoms. The quantitative estimate of drug-likeness (QED) is 0.717. The Balaban J connectivity index is 2.11. The van der Waals surface area contributed by atoms with Crippen LogP contribution in [0, 0.1) is 0 Å². The van der Waals surface area contributed by atoms with Gasteiger partial charge in [0.25, 0.3) is 5.91 Å². The number of anilines is 1. The lowest BCUT2D eigenvalue weighted by Gasteiger charge is -2.21. The molecule has 0 aliphatic carbocycles. The largest absolute Gasteiger partial charge is 0.534 e. The van der Waals surface area contributed by atoms with Crippen molar-refractivity contribution in [1.29, 1.82) is 0 Å². The fourth-order valence-electron chi connectivity index (χ4n) is 1.67. The maximum Gasteiger partial charge on any atom is 0.534 e. The van der Waals surface area contributed by atoms with Gasteiger partial charge in [-0.3, -0.25) is 9.63 Å². The first-order chi connectivity index (χ1) is 8.37. The van der Waals surface area contributed by atoms with Crippen molar-refractivity contribution in [2.75, 3.05) is 5.06 Å². The number of nitrogens with zero attached hydrogens (tertiary/aromatic N) is 1. The number of hydrogen-bond acceptors (Lipinski definition) is 4. The molecule has 2 rings (SSSR count). The lowest BCUT2D eigenvalue weighted by atomic mass is 10.2. The van der Waals surface area contributed by atoms with Gasteiger partial charge in [0.05, 0.1) is 12.1 Å². The predicted molar refractivity (Wildman–Crippen MR) is 65.0 cm³/mol. The van der Waals surface area contributed by atoms with Crippen LogP contribution < -0.4 is 5.06 Å². The van der Waals surface area contributed by atoms with Crippen LogP contribution in [-0.4, -0.2) is 17.7 Å². The van der Waals surface area contributed by atoms with E-state index in [9.17, 15) is 9.59 Å². The van der Waals surface area contributed by atoms with E-state index in [-0.39, 0.29) is 12.3 Å². The first-order valence-electron chi connectivity index (χ1n) is 5.68. The van der Waals surface area contributed by atoms with Gasteiger partial charge >= 0.3 is 6.16 Å². The molecule has 1 amide bonds. The summed E-state index contributed by atoms with van der Waals surface area (Å²) in [6.45, 7) is 5.19. The Morgan fingerprint density at radius 1 is 1.28 bits per heavy atom. The van der Waals surface area contributed by atoms with Crippen LogP contribution in [0.2, 0.25) is 0 Å². The van der Waals surface area contributed by atoms with Crippen LogP contribution >= 0.6 is 0 Å². The zero-order valence-electron chi connectivity index (χ0n) is 10.6. The zero-order valence-corrected chi connectivity index (χ0v) is 10.6. The Labute approximate surface area is 105 Å². The van der Waals surface area contributed by atoms with Crippen LogP contribution in [0.3, 0.4) is 0 Å². The lowest BCUT2D eigenvalue weighted by Crippen LogP contribution is -2.33. The van der Waals surface area contributed by atoms with E-state index < -0.39 is 11.8 Å². The number of rotatable bonds is 1. The van der Waals surface area contributed by atoms with Crippen LogP contribution in [0.1, 0.15) is 26.3 Å². The molecule has 0 bridgehead atoms. The van der Waals surface area contributed by atoms with Gasteiger partial charge < -0.3 is 4.74 Å². The molecule has 0 spiro atoms. The Kier molecular flexibility index (Phi) is 2.98. The molecule has 0 saturated heterocycles. The smallest absolute Gasteiger partial charge is 0.427 e. The number of ether oxygens (including phenoxy) is 1. The van der Waals surface area contributed by atoms with Crippen molar-refractivity contribution < 1.29 is 19.2 Å². The maximum atomic E-state index is 11.7. The minimum atomic E-state index is -0.882. The van der Waals surface area contributed by atoms with Crippen molar-refractivity contribution in [3.05, 3.63) is 29.8 Å². The number of benzene rings is 1. The highest BCUT2D eigenvalue weighted by Gasteiger charge is 2.32. The molecule has 0 aromatic heterocycles. The van der Waals surface area contributed by atoms with Gasteiger partial charge in [-0.1, -0.05) is 18.2 Å². The van der Waals surface area contributed by atoms with E-state index in [1.54, 1.807) is 32.9 Å². The number of fused-ring (bicyclic) bond motifs is 1. The van der Waals surface area contributed by atoms with Crippen molar-refractivity contribution in [1.82, 2.24) is 0 Å². The summed E-state index contributed by atoms with van der Waals surface area (Å²) in [6.07, 6.45) is -0.647.